The molecule has 0 radical (unpaired) electrons. The fourth-order valence-electron chi connectivity index (χ4n) is 1.74. The van der Waals surface area contributed by atoms with Crippen molar-refractivity contribution in [1.82, 2.24) is 9.78 Å². The lowest BCUT2D eigenvalue weighted by Crippen LogP contribution is -1.99. The highest BCUT2D eigenvalue weighted by Gasteiger charge is 2.05. The SMILES string of the molecule is CCCn1ncc2ccc(C(C)O)cc21. The Morgan fingerprint density at radius 3 is 2.93 bits per heavy atom. The van der Waals surface area contributed by atoms with E-state index in [1.807, 2.05) is 29.1 Å². The van der Waals surface area contributed by atoms with Gasteiger partial charge in [-0.05, 0) is 25.0 Å². The molecule has 0 amide bonds. The Hall–Kier alpha value is -1.35. The zero-order chi connectivity index (χ0) is 10.8. The van der Waals surface area contributed by atoms with E-state index in [1.54, 1.807) is 6.92 Å². The fourth-order valence-corrected chi connectivity index (χ4v) is 1.74. The van der Waals surface area contributed by atoms with Crippen LogP contribution in [0.2, 0.25) is 0 Å². The highest BCUT2D eigenvalue weighted by Crippen LogP contribution is 2.20. The van der Waals surface area contributed by atoms with Crippen LogP contribution in [0.4, 0.5) is 0 Å². The van der Waals surface area contributed by atoms with E-state index in [0.717, 1.165) is 29.4 Å². The van der Waals surface area contributed by atoms with Gasteiger partial charge in [0, 0.05) is 11.9 Å². The van der Waals surface area contributed by atoms with Gasteiger partial charge in [-0.25, -0.2) is 0 Å². The summed E-state index contributed by atoms with van der Waals surface area (Å²) in [4.78, 5) is 0. The van der Waals surface area contributed by atoms with Gasteiger partial charge >= 0.3 is 0 Å². The van der Waals surface area contributed by atoms with E-state index in [9.17, 15) is 5.11 Å². The normalized spacial score (nSPS) is 13.3. The molecule has 0 saturated carbocycles. The second-order valence-corrected chi connectivity index (χ2v) is 3.86. The standard InChI is InChI=1S/C12H16N2O/c1-3-6-14-12-7-10(9(2)15)4-5-11(12)8-13-14/h4-5,7-9,15H,3,6H2,1-2H3. The molecule has 0 aliphatic heterocycles. The largest absolute Gasteiger partial charge is 0.389 e. The molecule has 1 N–H and O–H groups in total. The summed E-state index contributed by atoms with van der Waals surface area (Å²) in [7, 11) is 0. The van der Waals surface area contributed by atoms with Crippen LogP contribution in [0.15, 0.2) is 24.4 Å². The Labute approximate surface area is 89.3 Å². The minimum Gasteiger partial charge on any atom is -0.389 e. The summed E-state index contributed by atoms with van der Waals surface area (Å²) in [6.45, 7) is 4.83. The summed E-state index contributed by atoms with van der Waals surface area (Å²) in [5.74, 6) is 0. The smallest absolute Gasteiger partial charge is 0.0762 e. The first-order valence-electron chi connectivity index (χ1n) is 5.36. The lowest BCUT2D eigenvalue weighted by atomic mass is 10.1. The van der Waals surface area contributed by atoms with E-state index in [4.69, 9.17) is 0 Å². The van der Waals surface area contributed by atoms with Gasteiger partial charge in [-0.3, -0.25) is 4.68 Å². The molecular weight excluding hydrogens is 188 g/mol. The molecule has 0 spiro atoms. The molecule has 0 saturated heterocycles. The summed E-state index contributed by atoms with van der Waals surface area (Å²) in [5.41, 5.74) is 2.05. The number of aliphatic hydroxyl groups is 1. The molecule has 1 heterocycles. The number of rotatable bonds is 3. The molecule has 15 heavy (non-hydrogen) atoms. The summed E-state index contributed by atoms with van der Waals surface area (Å²) < 4.78 is 1.99. The van der Waals surface area contributed by atoms with Crippen LogP contribution in [0.3, 0.4) is 0 Å². The van der Waals surface area contributed by atoms with Crippen LogP contribution in [-0.4, -0.2) is 14.9 Å². The van der Waals surface area contributed by atoms with Crippen LogP contribution in [0.25, 0.3) is 10.9 Å². The number of aryl methyl sites for hydroxylation is 1. The van der Waals surface area contributed by atoms with Crippen LogP contribution < -0.4 is 0 Å². The van der Waals surface area contributed by atoms with Crippen molar-refractivity contribution in [3.8, 4) is 0 Å². The van der Waals surface area contributed by atoms with Gasteiger partial charge in [0.05, 0.1) is 17.8 Å². The Balaban J connectivity index is 2.51. The third-order valence-corrected chi connectivity index (χ3v) is 2.59. The van der Waals surface area contributed by atoms with Crippen LogP contribution in [-0.2, 0) is 6.54 Å². The van der Waals surface area contributed by atoms with Crippen LogP contribution in [0.1, 0.15) is 31.9 Å². The Morgan fingerprint density at radius 1 is 1.47 bits per heavy atom. The maximum absolute atomic E-state index is 9.51. The molecule has 0 bridgehead atoms. The third-order valence-electron chi connectivity index (χ3n) is 2.59. The third kappa shape index (κ3) is 1.88. The Morgan fingerprint density at radius 2 is 2.27 bits per heavy atom. The molecule has 0 aliphatic carbocycles. The van der Waals surface area contributed by atoms with Gasteiger partial charge in [0.1, 0.15) is 0 Å². The topological polar surface area (TPSA) is 38.0 Å². The average Bonchev–Trinajstić information content (AvgIpc) is 2.61. The zero-order valence-electron chi connectivity index (χ0n) is 9.14. The van der Waals surface area contributed by atoms with E-state index < -0.39 is 6.10 Å². The van der Waals surface area contributed by atoms with Gasteiger partial charge in [-0.1, -0.05) is 19.1 Å². The number of aromatic nitrogens is 2. The maximum atomic E-state index is 9.51. The first-order chi connectivity index (χ1) is 7.22. The van der Waals surface area contributed by atoms with Gasteiger partial charge in [-0.15, -0.1) is 0 Å². The number of aliphatic hydroxyl groups excluding tert-OH is 1. The molecule has 2 aromatic rings. The van der Waals surface area contributed by atoms with Crippen LogP contribution in [0.5, 0.6) is 0 Å². The van der Waals surface area contributed by atoms with Crippen molar-refractivity contribution in [2.45, 2.75) is 32.9 Å². The first kappa shape index (κ1) is 10.2. The number of hydrogen-bond donors (Lipinski definition) is 1. The van der Waals surface area contributed by atoms with Crippen molar-refractivity contribution in [2.24, 2.45) is 0 Å². The predicted octanol–water partition coefficient (Wildman–Crippen LogP) is 2.50. The molecule has 1 aromatic carbocycles. The van der Waals surface area contributed by atoms with Gasteiger partial charge < -0.3 is 5.11 Å². The van der Waals surface area contributed by atoms with E-state index >= 15 is 0 Å². The molecule has 3 heteroatoms. The molecule has 80 valence electrons. The quantitative estimate of drug-likeness (QED) is 0.834. The second-order valence-electron chi connectivity index (χ2n) is 3.86. The second kappa shape index (κ2) is 4.03. The highest BCUT2D eigenvalue weighted by molar-refractivity contribution is 5.79. The minimum absolute atomic E-state index is 0.417. The Bertz CT molecular complexity index is 460. The molecule has 1 atom stereocenters. The predicted molar refractivity (Wildman–Crippen MR) is 60.7 cm³/mol. The first-order valence-corrected chi connectivity index (χ1v) is 5.36. The molecule has 0 aliphatic rings. The summed E-state index contributed by atoms with van der Waals surface area (Å²) in [6.07, 6.45) is 2.52. The van der Waals surface area contributed by atoms with Gasteiger partial charge in [0.15, 0.2) is 0 Å². The van der Waals surface area contributed by atoms with Crippen molar-refractivity contribution < 1.29 is 5.11 Å². The van der Waals surface area contributed by atoms with Gasteiger partial charge in [-0.2, -0.15) is 5.10 Å². The van der Waals surface area contributed by atoms with Crippen LogP contribution >= 0.6 is 0 Å². The summed E-state index contributed by atoms with van der Waals surface area (Å²) >= 11 is 0. The van der Waals surface area contributed by atoms with Crippen LogP contribution in [0, 0.1) is 0 Å². The highest BCUT2D eigenvalue weighted by atomic mass is 16.3. The molecular formula is C12H16N2O. The van der Waals surface area contributed by atoms with E-state index in [2.05, 4.69) is 12.0 Å². The minimum atomic E-state index is -0.417. The van der Waals surface area contributed by atoms with Crippen molar-refractivity contribution in [2.75, 3.05) is 0 Å². The van der Waals surface area contributed by atoms with Gasteiger partial charge in [0.25, 0.3) is 0 Å². The van der Waals surface area contributed by atoms with E-state index in [-0.39, 0.29) is 0 Å². The monoisotopic (exact) mass is 204 g/mol. The van der Waals surface area contributed by atoms with Gasteiger partial charge in [0.2, 0.25) is 0 Å². The number of hydrogen-bond acceptors (Lipinski definition) is 2. The summed E-state index contributed by atoms with van der Waals surface area (Å²) in [6, 6.07) is 5.98. The summed E-state index contributed by atoms with van der Waals surface area (Å²) in [5, 5.41) is 15.0. The van der Waals surface area contributed by atoms with E-state index in [0.29, 0.717) is 0 Å². The van der Waals surface area contributed by atoms with E-state index in [1.165, 1.54) is 0 Å². The van der Waals surface area contributed by atoms with Crippen molar-refractivity contribution >= 4 is 10.9 Å². The number of benzene rings is 1. The Kier molecular flexibility index (Phi) is 2.73. The number of nitrogens with zero attached hydrogens (tertiary/aromatic N) is 2. The van der Waals surface area contributed by atoms with Crippen molar-refractivity contribution in [3.05, 3.63) is 30.0 Å². The lowest BCUT2D eigenvalue weighted by molar-refractivity contribution is 0.199. The van der Waals surface area contributed by atoms with Crippen molar-refractivity contribution in [3.63, 3.8) is 0 Å². The number of fused-ring (bicyclic) bond motifs is 1. The zero-order valence-corrected chi connectivity index (χ0v) is 9.14. The lowest BCUT2D eigenvalue weighted by Gasteiger charge is -2.06. The molecule has 0 fully saturated rings. The average molecular weight is 204 g/mol. The molecule has 1 unspecified atom stereocenters. The molecule has 2 rings (SSSR count). The molecule has 1 aromatic heterocycles. The van der Waals surface area contributed by atoms with Crippen molar-refractivity contribution in [1.29, 1.82) is 0 Å². The molecule has 3 nitrogen and oxygen atoms in total. The fraction of sp³-hybridized carbons (Fsp3) is 0.417. The maximum Gasteiger partial charge on any atom is 0.0762 e.